The fourth-order valence-corrected chi connectivity index (χ4v) is 3.12. The predicted octanol–water partition coefficient (Wildman–Crippen LogP) is 2.31. The molecule has 2 rings (SSSR count). The van der Waals surface area contributed by atoms with Gasteiger partial charge in [0.05, 0.1) is 17.7 Å². The molecule has 0 aliphatic heterocycles. The summed E-state index contributed by atoms with van der Waals surface area (Å²) >= 11 is 0. The number of methoxy groups -OCH3 is 1. The monoisotopic (exact) mass is 379 g/mol. The molecule has 9 nitrogen and oxygen atoms in total. The van der Waals surface area contributed by atoms with Crippen LogP contribution in [0.3, 0.4) is 0 Å². The number of rotatable bonds is 6. The van der Waals surface area contributed by atoms with Gasteiger partial charge < -0.3 is 9.84 Å². The van der Waals surface area contributed by atoms with Crippen molar-refractivity contribution in [1.82, 2.24) is 4.31 Å². The molecule has 0 amide bonds. The third kappa shape index (κ3) is 3.98. The summed E-state index contributed by atoms with van der Waals surface area (Å²) in [6.07, 6.45) is 1.22. The van der Waals surface area contributed by atoms with Crippen molar-refractivity contribution in [3.63, 3.8) is 0 Å². The van der Waals surface area contributed by atoms with Gasteiger partial charge in [0.2, 0.25) is 10.0 Å². The van der Waals surface area contributed by atoms with E-state index in [1.165, 1.54) is 63.8 Å². The smallest absolute Gasteiger partial charge is 0.270 e. The van der Waals surface area contributed by atoms with E-state index >= 15 is 0 Å². The number of ether oxygens (including phenoxy) is 1. The summed E-state index contributed by atoms with van der Waals surface area (Å²) < 4.78 is 30.9. The number of benzene rings is 2. The van der Waals surface area contributed by atoms with Gasteiger partial charge in [-0.05, 0) is 24.3 Å². The van der Waals surface area contributed by atoms with E-state index in [1.807, 2.05) is 0 Å². The van der Waals surface area contributed by atoms with Crippen molar-refractivity contribution in [2.24, 2.45) is 4.99 Å². The number of hydrogen-bond donors (Lipinski definition) is 1. The van der Waals surface area contributed by atoms with Crippen molar-refractivity contribution in [3.8, 4) is 11.5 Å². The van der Waals surface area contributed by atoms with Crippen LogP contribution in [0.1, 0.15) is 5.56 Å². The van der Waals surface area contributed by atoms with Gasteiger partial charge in [-0.1, -0.05) is 0 Å². The van der Waals surface area contributed by atoms with Crippen LogP contribution in [0.2, 0.25) is 0 Å². The number of nitrogens with zero attached hydrogens (tertiary/aromatic N) is 3. The number of phenols is 1. The zero-order valence-corrected chi connectivity index (χ0v) is 15.1. The second-order valence-corrected chi connectivity index (χ2v) is 7.50. The number of phenolic OH excluding ortho intramolecular Hbond substituents is 1. The lowest BCUT2D eigenvalue weighted by molar-refractivity contribution is -0.384. The molecule has 138 valence electrons. The minimum atomic E-state index is -3.76. The molecular weight excluding hydrogens is 362 g/mol. The Morgan fingerprint density at radius 3 is 2.50 bits per heavy atom. The summed E-state index contributed by atoms with van der Waals surface area (Å²) in [5.74, 6) is -0.0233. The molecule has 0 heterocycles. The van der Waals surface area contributed by atoms with Gasteiger partial charge in [-0.3, -0.25) is 15.1 Å². The molecule has 2 aromatic rings. The van der Waals surface area contributed by atoms with Gasteiger partial charge in [-0.25, -0.2) is 12.7 Å². The maximum atomic E-state index is 12.4. The van der Waals surface area contributed by atoms with Crippen molar-refractivity contribution in [1.29, 1.82) is 0 Å². The molecule has 1 N–H and O–H groups in total. The van der Waals surface area contributed by atoms with E-state index < -0.39 is 14.9 Å². The van der Waals surface area contributed by atoms with E-state index in [-0.39, 0.29) is 33.3 Å². The van der Waals surface area contributed by atoms with E-state index in [0.29, 0.717) is 0 Å². The van der Waals surface area contributed by atoms with Crippen LogP contribution in [0.4, 0.5) is 11.4 Å². The Labute approximate surface area is 150 Å². The molecule has 0 aliphatic carbocycles. The molecule has 26 heavy (non-hydrogen) atoms. The average molecular weight is 379 g/mol. The maximum absolute atomic E-state index is 12.4. The lowest BCUT2D eigenvalue weighted by Crippen LogP contribution is -2.22. The molecule has 0 aliphatic rings. The number of aliphatic imine (C=N–C) groups is 1. The van der Waals surface area contributed by atoms with E-state index in [0.717, 1.165) is 4.31 Å². The maximum Gasteiger partial charge on any atom is 0.270 e. The van der Waals surface area contributed by atoms with Gasteiger partial charge in [-0.15, -0.1) is 0 Å². The molecule has 0 saturated heterocycles. The highest BCUT2D eigenvalue weighted by atomic mass is 32.2. The van der Waals surface area contributed by atoms with Crippen LogP contribution in [0.5, 0.6) is 11.5 Å². The molecular formula is C16H17N3O6S. The Hall–Kier alpha value is -2.98. The fraction of sp³-hybridized carbons (Fsp3) is 0.188. The number of aromatic hydroxyl groups is 1. The number of non-ortho nitro benzene ring substituents is 1. The second-order valence-electron chi connectivity index (χ2n) is 5.38. The summed E-state index contributed by atoms with van der Waals surface area (Å²) in [7, 11) is 0.389. The van der Waals surface area contributed by atoms with Crippen LogP contribution in [0.15, 0.2) is 46.3 Å². The summed E-state index contributed by atoms with van der Waals surface area (Å²) in [6.45, 7) is 0. The number of nitro benzene ring substituents is 1. The van der Waals surface area contributed by atoms with Crippen molar-refractivity contribution in [2.75, 3.05) is 21.2 Å². The lowest BCUT2D eigenvalue weighted by Gasteiger charge is -2.14. The Kier molecular flexibility index (Phi) is 5.58. The number of nitro groups is 1. The molecule has 0 unspecified atom stereocenters. The molecule has 0 saturated carbocycles. The van der Waals surface area contributed by atoms with Gasteiger partial charge in [0.15, 0.2) is 0 Å². The topological polar surface area (TPSA) is 122 Å². The average Bonchev–Trinajstić information content (AvgIpc) is 2.60. The third-order valence-corrected chi connectivity index (χ3v) is 5.32. The predicted molar refractivity (Wildman–Crippen MR) is 95.9 cm³/mol. The van der Waals surface area contributed by atoms with Crippen LogP contribution in [0, 0.1) is 10.1 Å². The number of hydrogen-bond acceptors (Lipinski definition) is 7. The first-order valence-corrected chi connectivity index (χ1v) is 8.73. The summed E-state index contributed by atoms with van der Waals surface area (Å²) in [6, 6.07) is 7.82. The Bertz CT molecular complexity index is 970. The zero-order valence-electron chi connectivity index (χ0n) is 14.3. The van der Waals surface area contributed by atoms with Crippen LogP contribution in [0.25, 0.3) is 0 Å². The van der Waals surface area contributed by atoms with Crippen LogP contribution < -0.4 is 4.74 Å². The SMILES string of the molecule is COc1ccc(N=Cc2cc([N+](=O)[O-])ccc2O)cc1S(=O)(=O)N(C)C. The minimum absolute atomic E-state index is 0.0667. The first-order valence-electron chi connectivity index (χ1n) is 7.29. The molecule has 0 fully saturated rings. The van der Waals surface area contributed by atoms with E-state index in [4.69, 9.17) is 4.74 Å². The molecule has 0 aromatic heterocycles. The van der Waals surface area contributed by atoms with Gasteiger partial charge in [0.25, 0.3) is 5.69 Å². The Balaban J connectivity index is 2.47. The van der Waals surface area contributed by atoms with Crippen LogP contribution in [-0.2, 0) is 10.0 Å². The summed E-state index contributed by atoms with van der Waals surface area (Å²) in [4.78, 5) is 14.3. The second kappa shape index (κ2) is 7.50. The van der Waals surface area contributed by atoms with Crippen LogP contribution in [-0.4, -0.2) is 50.2 Å². The standard InChI is InChI=1S/C16H17N3O6S/c1-18(2)26(23,24)16-9-12(4-7-15(16)25-3)17-10-11-8-13(19(21)22)5-6-14(11)20/h4-10,20H,1-3H3. The lowest BCUT2D eigenvalue weighted by atomic mass is 10.2. The molecule has 0 spiro atoms. The number of sulfonamides is 1. The van der Waals surface area contributed by atoms with Gasteiger partial charge in [-0.2, -0.15) is 0 Å². The zero-order chi connectivity index (χ0) is 19.5. The fourth-order valence-electron chi connectivity index (χ4n) is 2.05. The quantitative estimate of drug-likeness (QED) is 0.467. The first-order chi connectivity index (χ1) is 12.2. The molecule has 2 aromatic carbocycles. The highest BCUT2D eigenvalue weighted by Gasteiger charge is 2.22. The third-order valence-electron chi connectivity index (χ3n) is 3.48. The Morgan fingerprint density at radius 1 is 1.23 bits per heavy atom. The highest BCUT2D eigenvalue weighted by Crippen LogP contribution is 2.30. The van der Waals surface area contributed by atoms with E-state index in [9.17, 15) is 23.6 Å². The van der Waals surface area contributed by atoms with Crippen molar-refractivity contribution in [2.45, 2.75) is 4.90 Å². The molecule has 10 heteroatoms. The summed E-state index contributed by atoms with van der Waals surface area (Å²) in [5.41, 5.74) is 0.207. The molecule has 0 radical (unpaired) electrons. The molecule has 0 bridgehead atoms. The van der Waals surface area contributed by atoms with Crippen molar-refractivity contribution >= 4 is 27.6 Å². The normalized spacial score (nSPS) is 11.8. The molecule has 0 atom stereocenters. The van der Waals surface area contributed by atoms with Crippen molar-refractivity contribution < 1.29 is 23.2 Å². The van der Waals surface area contributed by atoms with E-state index in [1.54, 1.807) is 0 Å². The van der Waals surface area contributed by atoms with E-state index in [2.05, 4.69) is 4.99 Å². The highest BCUT2D eigenvalue weighted by molar-refractivity contribution is 7.89. The van der Waals surface area contributed by atoms with Gasteiger partial charge in [0, 0.05) is 38.0 Å². The van der Waals surface area contributed by atoms with Gasteiger partial charge >= 0.3 is 0 Å². The van der Waals surface area contributed by atoms with Crippen molar-refractivity contribution in [3.05, 3.63) is 52.1 Å². The first kappa shape index (κ1) is 19.3. The van der Waals surface area contributed by atoms with Crippen LogP contribution >= 0.6 is 0 Å². The summed E-state index contributed by atoms with van der Waals surface area (Å²) in [5, 5.41) is 20.6. The minimum Gasteiger partial charge on any atom is -0.507 e. The largest absolute Gasteiger partial charge is 0.507 e. The Morgan fingerprint density at radius 2 is 1.92 bits per heavy atom. The van der Waals surface area contributed by atoms with Gasteiger partial charge in [0.1, 0.15) is 16.4 Å².